The number of fused-ring (bicyclic) bond motifs is 1. The number of benzene rings is 1. The fraction of sp³-hybridized carbons (Fsp3) is 0.222. The molecule has 37 heavy (non-hydrogen) atoms. The molecule has 1 aromatic carbocycles. The number of aliphatic hydroxyl groups is 1. The lowest BCUT2D eigenvalue weighted by Crippen LogP contribution is -2.44. The minimum absolute atomic E-state index is 0.0118. The lowest BCUT2D eigenvalue weighted by molar-refractivity contribution is -0.111. The molecule has 0 saturated carbocycles. The quantitative estimate of drug-likeness (QED) is 0.329. The molecule has 3 N–H and O–H groups in total. The normalized spacial score (nSPS) is 15.7. The highest BCUT2D eigenvalue weighted by molar-refractivity contribution is 6.00. The third kappa shape index (κ3) is 5.71. The zero-order valence-electron chi connectivity index (χ0n) is 20.3. The molecule has 10 nitrogen and oxygen atoms in total. The van der Waals surface area contributed by atoms with Crippen LogP contribution < -0.4 is 15.5 Å². The third-order valence-corrected chi connectivity index (χ3v) is 5.90. The number of aliphatic hydroxyl groups excluding tert-OH is 1. The van der Waals surface area contributed by atoms with Gasteiger partial charge in [-0.05, 0) is 37.3 Å². The smallest absolute Gasteiger partial charge is 0.248 e. The first-order chi connectivity index (χ1) is 18.1. The number of carbonyl (C=O) groups excluding carboxylic acids is 1. The number of morpholine rings is 1. The molecule has 4 heterocycles. The maximum Gasteiger partial charge on any atom is 0.248 e. The number of aromatic nitrogens is 4. The summed E-state index contributed by atoms with van der Waals surface area (Å²) in [6.45, 7) is 3.66. The Labute approximate surface area is 214 Å². The Hall–Kier alpha value is -4.41. The first kappa shape index (κ1) is 24.3. The van der Waals surface area contributed by atoms with E-state index in [0.717, 1.165) is 34.5 Å². The van der Waals surface area contributed by atoms with Gasteiger partial charge in [0.1, 0.15) is 5.82 Å². The summed E-state index contributed by atoms with van der Waals surface area (Å²) in [5.41, 5.74) is 3.64. The van der Waals surface area contributed by atoms with Crippen molar-refractivity contribution < 1.29 is 14.6 Å². The van der Waals surface area contributed by atoms with Gasteiger partial charge in [0.2, 0.25) is 11.9 Å². The lowest BCUT2D eigenvalue weighted by Gasteiger charge is -2.32. The van der Waals surface area contributed by atoms with Gasteiger partial charge in [0.15, 0.2) is 0 Å². The van der Waals surface area contributed by atoms with Gasteiger partial charge in [-0.1, -0.05) is 24.3 Å². The van der Waals surface area contributed by atoms with Crippen molar-refractivity contribution in [2.24, 2.45) is 0 Å². The lowest BCUT2D eigenvalue weighted by atomic mass is 10.1. The Balaban J connectivity index is 1.37. The van der Waals surface area contributed by atoms with Gasteiger partial charge in [-0.25, -0.2) is 15.0 Å². The van der Waals surface area contributed by atoms with Crippen LogP contribution >= 0.6 is 0 Å². The number of carbonyl (C=O) groups is 1. The van der Waals surface area contributed by atoms with Gasteiger partial charge in [0.25, 0.3) is 0 Å². The molecule has 4 aromatic rings. The van der Waals surface area contributed by atoms with E-state index >= 15 is 0 Å². The van der Waals surface area contributed by atoms with E-state index in [1.165, 1.54) is 6.08 Å². The number of para-hydroxylation sites is 1. The van der Waals surface area contributed by atoms with Crippen LogP contribution in [0.1, 0.15) is 6.92 Å². The van der Waals surface area contributed by atoms with Gasteiger partial charge in [-0.15, -0.1) is 0 Å². The number of allylic oxidation sites excluding steroid dienone is 1. The van der Waals surface area contributed by atoms with Crippen molar-refractivity contribution >= 4 is 40.0 Å². The number of nitrogens with zero attached hydrogens (tertiary/aromatic N) is 5. The van der Waals surface area contributed by atoms with Crippen molar-refractivity contribution in [3.05, 3.63) is 73.2 Å². The molecule has 0 spiro atoms. The Morgan fingerprint density at radius 3 is 2.89 bits per heavy atom. The Bertz CT molecular complexity index is 1430. The fourth-order valence-corrected chi connectivity index (χ4v) is 4.13. The topological polar surface area (TPSA) is 125 Å². The van der Waals surface area contributed by atoms with Crippen LogP contribution in [0.4, 0.5) is 23.1 Å². The summed E-state index contributed by atoms with van der Waals surface area (Å²) >= 11 is 0. The Morgan fingerprint density at radius 2 is 2.08 bits per heavy atom. The van der Waals surface area contributed by atoms with Gasteiger partial charge in [0.05, 0.1) is 42.4 Å². The molecule has 1 atom stereocenters. The summed E-state index contributed by atoms with van der Waals surface area (Å²) in [5.74, 6) is 1.05. The second kappa shape index (κ2) is 11.1. The van der Waals surface area contributed by atoms with Crippen LogP contribution in [0, 0.1) is 0 Å². The molecule has 1 saturated heterocycles. The molecule has 1 unspecified atom stereocenters. The summed E-state index contributed by atoms with van der Waals surface area (Å²) in [4.78, 5) is 32.3. The number of hydrogen-bond acceptors (Lipinski definition) is 9. The molecule has 0 radical (unpaired) electrons. The first-order valence-electron chi connectivity index (χ1n) is 12.0. The van der Waals surface area contributed by atoms with E-state index in [1.807, 2.05) is 36.4 Å². The van der Waals surface area contributed by atoms with Gasteiger partial charge < -0.3 is 25.4 Å². The first-order valence-corrected chi connectivity index (χ1v) is 12.0. The molecule has 1 aliphatic rings. The molecule has 10 heteroatoms. The van der Waals surface area contributed by atoms with Crippen molar-refractivity contribution in [1.29, 1.82) is 0 Å². The molecule has 1 fully saturated rings. The number of nitrogens with one attached hydrogen (secondary N) is 2. The average molecular weight is 498 g/mol. The van der Waals surface area contributed by atoms with Crippen LogP contribution in [-0.4, -0.2) is 63.4 Å². The van der Waals surface area contributed by atoms with E-state index in [0.29, 0.717) is 30.5 Å². The van der Waals surface area contributed by atoms with Crippen LogP contribution in [-0.2, 0) is 9.53 Å². The number of ether oxygens (including phenoxy) is 1. The zero-order valence-corrected chi connectivity index (χ0v) is 20.3. The maximum atomic E-state index is 12.0. The Kier molecular flexibility index (Phi) is 7.29. The van der Waals surface area contributed by atoms with Crippen LogP contribution in [0.25, 0.3) is 22.2 Å². The highest BCUT2D eigenvalue weighted by atomic mass is 16.5. The van der Waals surface area contributed by atoms with Gasteiger partial charge in [0, 0.05) is 42.1 Å². The number of pyridine rings is 2. The van der Waals surface area contributed by atoms with Gasteiger partial charge >= 0.3 is 0 Å². The van der Waals surface area contributed by atoms with E-state index in [9.17, 15) is 9.90 Å². The highest BCUT2D eigenvalue weighted by Gasteiger charge is 2.20. The summed E-state index contributed by atoms with van der Waals surface area (Å²) in [6, 6.07) is 13.2. The molecule has 5 rings (SSSR count). The molecule has 188 valence electrons. The molecule has 1 amide bonds. The van der Waals surface area contributed by atoms with Crippen molar-refractivity contribution in [3.63, 3.8) is 0 Å². The number of rotatable bonds is 7. The predicted molar refractivity (Wildman–Crippen MR) is 143 cm³/mol. The van der Waals surface area contributed by atoms with E-state index < -0.39 is 0 Å². The second-order valence-corrected chi connectivity index (χ2v) is 8.51. The van der Waals surface area contributed by atoms with Crippen molar-refractivity contribution in [3.8, 4) is 11.3 Å². The second-order valence-electron chi connectivity index (χ2n) is 8.51. The van der Waals surface area contributed by atoms with Crippen LogP contribution in [0.15, 0.2) is 73.2 Å². The molecular weight excluding hydrogens is 470 g/mol. The van der Waals surface area contributed by atoms with Crippen LogP contribution in [0.5, 0.6) is 0 Å². The van der Waals surface area contributed by atoms with Crippen LogP contribution in [0.2, 0.25) is 0 Å². The Morgan fingerprint density at radius 1 is 1.16 bits per heavy atom. The minimum Gasteiger partial charge on any atom is -0.394 e. The van der Waals surface area contributed by atoms with Gasteiger partial charge in [-0.2, -0.15) is 0 Å². The molecule has 0 aliphatic carbocycles. The highest BCUT2D eigenvalue weighted by Crippen LogP contribution is 2.28. The predicted octanol–water partition coefficient (Wildman–Crippen LogP) is 3.54. The monoisotopic (exact) mass is 497 g/mol. The van der Waals surface area contributed by atoms with E-state index in [1.54, 1.807) is 37.7 Å². The molecule has 3 aromatic heterocycles. The number of anilines is 4. The zero-order chi connectivity index (χ0) is 25.6. The minimum atomic E-state index is -0.201. The summed E-state index contributed by atoms with van der Waals surface area (Å²) in [7, 11) is 0. The third-order valence-electron chi connectivity index (χ3n) is 5.90. The SMILES string of the molecule is CC=CC(=O)Nc1ccnc(-c2cccc3cnc(Nc4ccc(N5CCOC(CO)C5)nc4)nc23)c1. The van der Waals surface area contributed by atoms with E-state index in [4.69, 9.17) is 9.72 Å². The maximum absolute atomic E-state index is 12.0. The van der Waals surface area contributed by atoms with Crippen molar-refractivity contribution in [2.45, 2.75) is 13.0 Å². The number of amides is 1. The average Bonchev–Trinajstić information content (AvgIpc) is 2.93. The van der Waals surface area contributed by atoms with E-state index in [2.05, 4.69) is 30.5 Å². The summed E-state index contributed by atoms with van der Waals surface area (Å²) < 4.78 is 5.52. The van der Waals surface area contributed by atoms with Gasteiger partial charge in [-0.3, -0.25) is 9.78 Å². The van der Waals surface area contributed by atoms with Crippen LogP contribution in [0.3, 0.4) is 0 Å². The summed E-state index contributed by atoms with van der Waals surface area (Å²) in [6.07, 6.45) is 8.11. The molecular formula is C27H27N7O3. The molecule has 0 bridgehead atoms. The molecule has 1 aliphatic heterocycles. The van der Waals surface area contributed by atoms with Crippen molar-refractivity contribution in [1.82, 2.24) is 19.9 Å². The fourth-order valence-electron chi connectivity index (χ4n) is 4.13. The largest absolute Gasteiger partial charge is 0.394 e. The summed E-state index contributed by atoms with van der Waals surface area (Å²) in [5, 5.41) is 16.3. The van der Waals surface area contributed by atoms with E-state index in [-0.39, 0.29) is 18.6 Å². The standard InChI is InChI=1S/C27H27N7O3/c1-2-4-25(36)31-19-9-10-28-23(13-19)22-6-3-5-18-14-30-27(33-26(18)22)32-20-7-8-24(29-15-20)34-11-12-37-21(16-34)17-35/h2-10,13-15,21,35H,11-12,16-17H2,1H3,(H,28,31,36)(H,30,32,33). The van der Waals surface area contributed by atoms with Crippen molar-refractivity contribution in [2.75, 3.05) is 41.8 Å². The number of hydrogen-bond donors (Lipinski definition) is 3.